The molecule has 1 aliphatic rings. The van der Waals surface area contributed by atoms with Gasteiger partial charge in [-0.05, 0) is 42.7 Å². The highest BCUT2D eigenvalue weighted by Crippen LogP contribution is 2.38. The molecule has 2 atom stereocenters. The number of aromatic nitrogens is 3. The predicted octanol–water partition coefficient (Wildman–Crippen LogP) is 3.65. The molecular weight excluding hydrogens is 502 g/mol. The van der Waals surface area contributed by atoms with E-state index in [9.17, 15) is 8.42 Å². The van der Waals surface area contributed by atoms with Crippen LogP contribution in [0, 0.1) is 0 Å². The van der Waals surface area contributed by atoms with E-state index in [1.807, 2.05) is 24.4 Å². The first-order chi connectivity index (χ1) is 17.5. The van der Waals surface area contributed by atoms with Crippen LogP contribution in [-0.2, 0) is 35.1 Å². The zero-order chi connectivity index (χ0) is 25.1. The highest BCUT2D eigenvalue weighted by molar-refractivity contribution is 7.86. The third-order valence-electron chi connectivity index (χ3n) is 5.48. The number of fused-ring (bicyclic) bond motifs is 1. The number of anilines is 1. The van der Waals surface area contributed by atoms with Crippen molar-refractivity contribution in [2.75, 3.05) is 11.8 Å². The van der Waals surface area contributed by atoms with Gasteiger partial charge in [-0.2, -0.15) is 5.10 Å². The van der Waals surface area contributed by atoms with Crippen molar-refractivity contribution < 1.29 is 22.4 Å². The summed E-state index contributed by atoms with van der Waals surface area (Å²) in [4.78, 5) is 0.498. The lowest BCUT2D eigenvalue weighted by molar-refractivity contribution is 0.306. The minimum absolute atomic E-state index is 0.138. The van der Waals surface area contributed by atoms with E-state index in [0.29, 0.717) is 46.3 Å². The Morgan fingerprint density at radius 3 is 2.83 bits per heavy atom. The van der Waals surface area contributed by atoms with E-state index in [4.69, 9.17) is 14.0 Å². The van der Waals surface area contributed by atoms with Crippen LogP contribution < -0.4 is 18.9 Å². The van der Waals surface area contributed by atoms with Gasteiger partial charge in [0.25, 0.3) is 0 Å². The minimum Gasteiger partial charge on any atom is -0.495 e. The molecule has 2 N–H and O–H groups in total. The maximum absolute atomic E-state index is 13.1. The summed E-state index contributed by atoms with van der Waals surface area (Å²) in [6.45, 7) is 4.38. The van der Waals surface area contributed by atoms with Gasteiger partial charge in [0.15, 0.2) is 22.4 Å². The maximum atomic E-state index is 13.1. The average molecular weight is 528 g/mol. The second-order valence-electron chi connectivity index (χ2n) is 8.17. The summed E-state index contributed by atoms with van der Waals surface area (Å²) in [5.74, 6) is 1.46. The van der Waals surface area contributed by atoms with Gasteiger partial charge in [-0.15, -0.1) is 0 Å². The predicted molar refractivity (Wildman–Crippen MR) is 137 cm³/mol. The molecule has 2 heterocycles. The standard InChI is InChI=1S/C24H25N5O5S2/c1-3-35(30)26-13-17-12-25-29(15-17)14-16-10-20(33-18-8-9-18)23-21(11-16)34-27-24(23)28-36(31)22-7-5-4-6-19(22)32-2/h3-7,10-12,15,18,26H,1,8-9,13-14H2,2H3,(H,27,28). The van der Waals surface area contributed by atoms with Gasteiger partial charge in [0.05, 0.1) is 26.0 Å². The third kappa shape index (κ3) is 5.50. The van der Waals surface area contributed by atoms with Crippen LogP contribution in [0.4, 0.5) is 5.82 Å². The molecular formula is C24H25N5O5S2. The van der Waals surface area contributed by atoms with E-state index >= 15 is 0 Å². The molecule has 1 saturated carbocycles. The molecule has 5 rings (SSSR count). The average Bonchev–Trinajstić information content (AvgIpc) is 3.44. The van der Waals surface area contributed by atoms with Gasteiger partial charge in [-0.3, -0.25) is 9.40 Å². The number of hydrogen-bond donors (Lipinski definition) is 2. The number of para-hydroxylation sites is 1. The fourth-order valence-corrected chi connectivity index (χ4v) is 5.00. The van der Waals surface area contributed by atoms with Gasteiger partial charge in [-0.25, -0.2) is 13.1 Å². The molecule has 1 fully saturated rings. The fourth-order valence-electron chi connectivity index (χ4n) is 3.61. The van der Waals surface area contributed by atoms with E-state index in [-0.39, 0.29) is 6.10 Å². The molecule has 0 spiro atoms. The van der Waals surface area contributed by atoms with E-state index in [1.54, 1.807) is 29.1 Å². The zero-order valence-electron chi connectivity index (χ0n) is 19.5. The highest BCUT2D eigenvalue weighted by atomic mass is 32.2. The van der Waals surface area contributed by atoms with Crippen molar-refractivity contribution in [3.8, 4) is 11.5 Å². The first-order valence-electron chi connectivity index (χ1n) is 11.2. The van der Waals surface area contributed by atoms with Gasteiger partial charge in [0.1, 0.15) is 32.8 Å². The van der Waals surface area contributed by atoms with E-state index in [2.05, 4.69) is 26.3 Å². The molecule has 0 bridgehead atoms. The zero-order valence-corrected chi connectivity index (χ0v) is 21.1. The summed E-state index contributed by atoms with van der Waals surface area (Å²) in [7, 11) is -1.38. The Morgan fingerprint density at radius 1 is 1.22 bits per heavy atom. The Morgan fingerprint density at radius 2 is 2.06 bits per heavy atom. The summed E-state index contributed by atoms with van der Waals surface area (Å²) in [6.07, 6.45) is 5.70. The van der Waals surface area contributed by atoms with Crippen LogP contribution in [0.2, 0.25) is 0 Å². The Labute approximate surface area is 212 Å². The second kappa shape index (κ2) is 10.6. The molecule has 36 heavy (non-hydrogen) atoms. The van der Waals surface area contributed by atoms with Crippen LogP contribution in [-0.4, -0.2) is 36.6 Å². The van der Waals surface area contributed by atoms with Crippen molar-refractivity contribution in [1.29, 1.82) is 0 Å². The first-order valence-corrected chi connectivity index (χ1v) is 13.6. The van der Waals surface area contributed by atoms with Crippen LogP contribution >= 0.6 is 0 Å². The largest absolute Gasteiger partial charge is 0.495 e. The van der Waals surface area contributed by atoms with Crippen LogP contribution in [0.3, 0.4) is 0 Å². The Kier molecular flexibility index (Phi) is 7.16. The number of benzene rings is 2. The van der Waals surface area contributed by atoms with Crippen LogP contribution in [0.1, 0.15) is 24.0 Å². The molecule has 0 saturated heterocycles. The molecule has 0 aliphatic heterocycles. The molecule has 2 aromatic heterocycles. The number of rotatable bonds is 12. The number of hydrogen-bond acceptors (Lipinski definition) is 7. The summed E-state index contributed by atoms with van der Waals surface area (Å²) in [5, 5.41) is 10.5. The second-order valence-corrected chi connectivity index (χ2v) is 10.6. The van der Waals surface area contributed by atoms with Gasteiger partial charge < -0.3 is 14.0 Å². The highest BCUT2D eigenvalue weighted by Gasteiger charge is 2.27. The fraction of sp³-hybridized carbons (Fsp3) is 0.250. The van der Waals surface area contributed by atoms with Crippen molar-refractivity contribution in [3.63, 3.8) is 0 Å². The molecule has 2 unspecified atom stereocenters. The summed E-state index contributed by atoms with van der Waals surface area (Å²) >= 11 is 0. The van der Waals surface area contributed by atoms with E-state index in [1.165, 1.54) is 12.5 Å². The number of nitrogens with one attached hydrogen (secondary N) is 2. The molecule has 1 aliphatic carbocycles. The van der Waals surface area contributed by atoms with Crippen LogP contribution in [0.5, 0.6) is 11.5 Å². The molecule has 12 heteroatoms. The lowest BCUT2D eigenvalue weighted by Crippen LogP contribution is -2.13. The number of nitrogens with zero attached hydrogens (tertiary/aromatic N) is 3. The lowest BCUT2D eigenvalue weighted by Gasteiger charge is -2.11. The quantitative estimate of drug-likeness (QED) is 0.288. The SMILES string of the molecule is C=CS(=O)NCc1cnn(Cc2cc(OC3CC3)c3c(NS(=O)c4ccccc4OC)noc3c2)c1. The van der Waals surface area contributed by atoms with Crippen molar-refractivity contribution in [2.45, 2.75) is 36.9 Å². The van der Waals surface area contributed by atoms with Gasteiger partial charge in [-0.1, -0.05) is 23.9 Å². The van der Waals surface area contributed by atoms with E-state index in [0.717, 1.165) is 24.0 Å². The first kappa shape index (κ1) is 24.2. The summed E-state index contributed by atoms with van der Waals surface area (Å²) in [5.41, 5.74) is 2.31. The Balaban J connectivity index is 1.40. The summed E-state index contributed by atoms with van der Waals surface area (Å²) < 4.78 is 49.3. The van der Waals surface area contributed by atoms with E-state index < -0.39 is 22.0 Å². The number of ether oxygens (including phenoxy) is 2. The lowest BCUT2D eigenvalue weighted by atomic mass is 10.1. The van der Waals surface area contributed by atoms with Gasteiger partial charge in [0, 0.05) is 23.7 Å². The maximum Gasteiger partial charge on any atom is 0.193 e. The molecule has 188 valence electrons. The molecule has 4 aromatic rings. The molecule has 0 amide bonds. The van der Waals surface area contributed by atoms with Crippen LogP contribution in [0.15, 0.2) is 70.2 Å². The Hall–Kier alpha value is -3.48. The normalized spacial score (nSPS) is 14.9. The molecule has 0 radical (unpaired) electrons. The van der Waals surface area contributed by atoms with Gasteiger partial charge >= 0.3 is 0 Å². The third-order valence-corrected chi connectivity index (χ3v) is 7.32. The van der Waals surface area contributed by atoms with Crippen LogP contribution in [0.25, 0.3) is 11.0 Å². The van der Waals surface area contributed by atoms with Gasteiger partial charge in [0.2, 0.25) is 0 Å². The van der Waals surface area contributed by atoms with Crippen molar-refractivity contribution >= 4 is 38.8 Å². The Bertz CT molecular complexity index is 1450. The minimum atomic E-state index is -1.63. The van der Waals surface area contributed by atoms with Crippen molar-refractivity contribution in [1.82, 2.24) is 19.7 Å². The molecule has 10 nitrogen and oxygen atoms in total. The number of methoxy groups -OCH3 is 1. The van der Waals surface area contributed by atoms with Crippen molar-refractivity contribution in [2.24, 2.45) is 0 Å². The smallest absolute Gasteiger partial charge is 0.193 e. The van der Waals surface area contributed by atoms with Crippen molar-refractivity contribution in [3.05, 3.63) is 71.9 Å². The molecule has 2 aromatic carbocycles. The summed E-state index contributed by atoms with van der Waals surface area (Å²) in [6, 6.07) is 10.9. The monoisotopic (exact) mass is 527 g/mol. The topological polar surface area (TPSA) is 121 Å².